The van der Waals surface area contributed by atoms with Gasteiger partial charge in [0.05, 0.1) is 18.7 Å². The molecule has 3 N–H and O–H groups in total. The van der Waals surface area contributed by atoms with Crippen molar-refractivity contribution < 1.29 is 24.4 Å². The van der Waals surface area contributed by atoms with Gasteiger partial charge in [0.15, 0.2) is 0 Å². The molecular formula is C17H22Cl2N2O5. The van der Waals surface area contributed by atoms with Crippen LogP contribution < -0.4 is 9.47 Å². The minimum absolute atomic E-state index is 0. The summed E-state index contributed by atoms with van der Waals surface area (Å²) in [5.41, 5.74) is -1.03. The number of aryl methyl sites for hydroxylation is 1. The van der Waals surface area contributed by atoms with E-state index in [1.807, 2.05) is 0 Å². The Morgan fingerprint density at radius 2 is 2.23 bits per heavy atom. The van der Waals surface area contributed by atoms with E-state index in [0.29, 0.717) is 29.4 Å². The predicted molar refractivity (Wildman–Crippen MR) is 98.4 cm³/mol. The van der Waals surface area contributed by atoms with Crippen LogP contribution in [0.4, 0.5) is 0 Å². The van der Waals surface area contributed by atoms with Gasteiger partial charge in [-0.2, -0.15) is 0 Å². The Morgan fingerprint density at radius 1 is 1.42 bits per heavy atom. The number of aliphatic hydroxyl groups is 2. The molecular weight excluding hydrogens is 383 g/mol. The van der Waals surface area contributed by atoms with Crippen molar-refractivity contribution in [3.05, 3.63) is 41.4 Å². The molecule has 1 aromatic heterocycles. The van der Waals surface area contributed by atoms with Gasteiger partial charge in [0.1, 0.15) is 41.7 Å². The quantitative estimate of drug-likeness (QED) is 0.652. The van der Waals surface area contributed by atoms with E-state index >= 15 is 0 Å². The third kappa shape index (κ3) is 4.42. The highest BCUT2D eigenvalue weighted by Crippen LogP contribution is 2.34. The fourth-order valence-electron chi connectivity index (χ4n) is 2.89. The first-order valence-corrected chi connectivity index (χ1v) is 8.36. The second kappa shape index (κ2) is 8.92. The SMILES string of the molecule is COc1ccc(OC[C@@]2(CCc3ncc[nH]3)OC[C@H](O)[C@H]2O)c(Cl)c1.Cl. The standard InChI is InChI=1S/C17H21ClN2O5.ClH/c1-23-11-2-3-14(12(18)8-11)24-10-17(16(22)13(21)9-25-17)5-4-15-19-6-7-20-15;/h2-3,6-8,13,16,21-22H,4-5,9-10H2,1H3,(H,19,20);1H/t13-,16+,17+;/m0./s1. The van der Waals surface area contributed by atoms with Gasteiger partial charge in [-0.25, -0.2) is 4.98 Å². The largest absolute Gasteiger partial charge is 0.497 e. The van der Waals surface area contributed by atoms with Crippen LogP contribution >= 0.6 is 24.0 Å². The molecule has 9 heteroatoms. The zero-order valence-electron chi connectivity index (χ0n) is 14.2. The Morgan fingerprint density at radius 3 is 2.81 bits per heavy atom. The van der Waals surface area contributed by atoms with Crippen LogP contribution in [0.5, 0.6) is 11.5 Å². The number of benzene rings is 1. The Hall–Kier alpha value is -1.51. The van der Waals surface area contributed by atoms with Gasteiger partial charge in [0, 0.05) is 24.9 Å². The minimum Gasteiger partial charge on any atom is -0.497 e. The molecule has 144 valence electrons. The number of nitrogens with one attached hydrogen (secondary N) is 1. The maximum absolute atomic E-state index is 10.4. The van der Waals surface area contributed by atoms with Crippen LogP contribution in [0, 0.1) is 0 Å². The van der Waals surface area contributed by atoms with Crippen molar-refractivity contribution in [1.29, 1.82) is 0 Å². The number of hydrogen-bond acceptors (Lipinski definition) is 6. The first kappa shape index (κ1) is 20.8. The molecule has 1 aromatic carbocycles. The molecule has 2 heterocycles. The van der Waals surface area contributed by atoms with Gasteiger partial charge in [-0.1, -0.05) is 11.6 Å². The van der Waals surface area contributed by atoms with Crippen LogP contribution in [0.25, 0.3) is 0 Å². The lowest BCUT2D eigenvalue weighted by Gasteiger charge is -2.31. The molecule has 3 rings (SSSR count). The Bertz CT molecular complexity index is 700. The summed E-state index contributed by atoms with van der Waals surface area (Å²) in [5, 5.41) is 20.7. The normalized spacial score (nSPS) is 24.9. The number of imidazole rings is 1. The number of aromatic amines is 1. The molecule has 0 radical (unpaired) electrons. The molecule has 0 unspecified atom stereocenters. The Kier molecular flexibility index (Phi) is 7.14. The zero-order chi connectivity index (χ0) is 17.9. The van der Waals surface area contributed by atoms with Crippen LogP contribution in [-0.4, -0.2) is 58.3 Å². The minimum atomic E-state index is -1.06. The number of aromatic nitrogens is 2. The van der Waals surface area contributed by atoms with Crippen molar-refractivity contribution in [1.82, 2.24) is 9.97 Å². The lowest BCUT2D eigenvalue weighted by atomic mass is 9.91. The highest BCUT2D eigenvalue weighted by atomic mass is 35.5. The molecule has 0 spiro atoms. The molecule has 0 saturated carbocycles. The maximum atomic E-state index is 10.4. The Labute approximate surface area is 162 Å². The van der Waals surface area contributed by atoms with Crippen molar-refractivity contribution in [2.75, 3.05) is 20.3 Å². The summed E-state index contributed by atoms with van der Waals surface area (Å²) in [6.45, 7) is 0.108. The smallest absolute Gasteiger partial charge is 0.138 e. The van der Waals surface area contributed by atoms with Crippen LogP contribution in [0.3, 0.4) is 0 Å². The van der Waals surface area contributed by atoms with E-state index in [0.717, 1.165) is 5.82 Å². The van der Waals surface area contributed by atoms with E-state index in [9.17, 15) is 10.2 Å². The van der Waals surface area contributed by atoms with Crippen LogP contribution in [0.15, 0.2) is 30.6 Å². The van der Waals surface area contributed by atoms with Crippen molar-refractivity contribution in [3.63, 3.8) is 0 Å². The molecule has 1 aliphatic heterocycles. The van der Waals surface area contributed by atoms with E-state index in [2.05, 4.69) is 9.97 Å². The topological polar surface area (TPSA) is 96.8 Å². The summed E-state index contributed by atoms with van der Waals surface area (Å²) in [6, 6.07) is 5.07. The van der Waals surface area contributed by atoms with Gasteiger partial charge < -0.3 is 29.4 Å². The molecule has 2 aromatic rings. The van der Waals surface area contributed by atoms with E-state index < -0.39 is 17.8 Å². The molecule has 3 atom stereocenters. The molecule has 0 bridgehead atoms. The average Bonchev–Trinajstić information content (AvgIpc) is 3.23. The number of hydrogen-bond donors (Lipinski definition) is 3. The third-order valence-corrected chi connectivity index (χ3v) is 4.69. The number of nitrogens with zero attached hydrogens (tertiary/aromatic N) is 1. The number of halogens is 2. The highest BCUT2D eigenvalue weighted by Gasteiger charge is 2.49. The van der Waals surface area contributed by atoms with E-state index in [1.54, 1.807) is 37.7 Å². The van der Waals surface area contributed by atoms with Gasteiger partial charge in [-0.05, 0) is 18.6 Å². The van der Waals surface area contributed by atoms with E-state index in [4.69, 9.17) is 25.8 Å². The number of methoxy groups -OCH3 is 1. The Balaban J connectivity index is 0.00000243. The fourth-order valence-corrected chi connectivity index (χ4v) is 3.11. The summed E-state index contributed by atoms with van der Waals surface area (Å²) in [5.74, 6) is 1.86. The van der Waals surface area contributed by atoms with Gasteiger partial charge in [0.2, 0.25) is 0 Å². The first-order valence-electron chi connectivity index (χ1n) is 7.99. The maximum Gasteiger partial charge on any atom is 0.138 e. The van der Waals surface area contributed by atoms with Crippen molar-refractivity contribution in [2.24, 2.45) is 0 Å². The van der Waals surface area contributed by atoms with Gasteiger partial charge in [0.25, 0.3) is 0 Å². The first-order chi connectivity index (χ1) is 12.0. The molecule has 0 amide bonds. The zero-order valence-corrected chi connectivity index (χ0v) is 15.8. The van der Waals surface area contributed by atoms with Crippen LogP contribution in [0.2, 0.25) is 5.02 Å². The van der Waals surface area contributed by atoms with Crippen LogP contribution in [0.1, 0.15) is 12.2 Å². The third-order valence-electron chi connectivity index (χ3n) is 4.40. The molecule has 26 heavy (non-hydrogen) atoms. The fraction of sp³-hybridized carbons (Fsp3) is 0.471. The van der Waals surface area contributed by atoms with Gasteiger partial charge in [-0.3, -0.25) is 0 Å². The second-order valence-electron chi connectivity index (χ2n) is 6.01. The molecule has 0 aliphatic carbocycles. The monoisotopic (exact) mass is 404 g/mol. The molecule has 1 saturated heterocycles. The number of H-pyrrole nitrogens is 1. The lowest BCUT2D eigenvalue weighted by Crippen LogP contribution is -2.48. The van der Waals surface area contributed by atoms with Crippen LogP contribution in [-0.2, 0) is 11.2 Å². The summed E-state index contributed by atoms with van der Waals surface area (Å²) in [7, 11) is 1.56. The second-order valence-corrected chi connectivity index (χ2v) is 6.42. The van der Waals surface area contributed by atoms with Crippen molar-refractivity contribution >= 4 is 24.0 Å². The molecule has 1 aliphatic rings. The molecule has 7 nitrogen and oxygen atoms in total. The highest BCUT2D eigenvalue weighted by molar-refractivity contribution is 6.32. The van der Waals surface area contributed by atoms with E-state index in [-0.39, 0.29) is 25.6 Å². The summed E-state index contributed by atoms with van der Waals surface area (Å²) >= 11 is 6.19. The summed E-state index contributed by atoms with van der Waals surface area (Å²) in [6.07, 6.45) is 2.38. The number of aliphatic hydroxyl groups excluding tert-OH is 2. The van der Waals surface area contributed by atoms with Crippen molar-refractivity contribution in [2.45, 2.75) is 30.7 Å². The lowest BCUT2D eigenvalue weighted by molar-refractivity contribution is -0.0936. The predicted octanol–water partition coefficient (Wildman–Crippen LogP) is 2.00. The van der Waals surface area contributed by atoms with Crippen molar-refractivity contribution in [3.8, 4) is 11.5 Å². The summed E-state index contributed by atoms with van der Waals surface area (Å²) < 4.78 is 16.6. The average molecular weight is 405 g/mol. The van der Waals surface area contributed by atoms with E-state index in [1.165, 1.54) is 0 Å². The molecule has 1 fully saturated rings. The summed E-state index contributed by atoms with van der Waals surface area (Å²) in [4.78, 5) is 7.19. The van der Waals surface area contributed by atoms with Gasteiger partial charge >= 0.3 is 0 Å². The van der Waals surface area contributed by atoms with Gasteiger partial charge in [-0.15, -0.1) is 12.4 Å². The number of rotatable bonds is 7. The number of ether oxygens (including phenoxy) is 3.